The zero-order valence-corrected chi connectivity index (χ0v) is 9.42. The van der Waals surface area contributed by atoms with Gasteiger partial charge < -0.3 is 15.5 Å². The van der Waals surface area contributed by atoms with Crippen LogP contribution in [-0.2, 0) is 4.79 Å². The van der Waals surface area contributed by atoms with Crippen molar-refractivity contribution in [1.82, 2.24) is 9.80 Å². The van der Waals surface area contributed by atoms with Gasteiger partial charge in [-0.2, -0.15) is 0 Å². The number of allylic oxidation sites excluding steroid dienone is 2. The summed E-state index contributed by atoms with van der Waals surface area (Å²) >= 11 is 0. The molecule has 0 radical (unpaired) electrons. The Kier molecular flexibility index (Phi) is 4.98. The normalized spacial score (nSPS) is 27.6. The van der Waals surface area contributed by atoms with Gasteiger partial charge in [-0.1, -0.05) is 0 Å². The highest BCUT2D eigenvalue weighted by Crippen LogP contribution is 2.18. The van der Waals surface area contributed by atoms with Crippen LogP contribution < -0.4 is 5.73 Å². The Labute approximate surface area is 95.2 Å². The summed E-state index contributed by atoms with van der Waals surface area (Å²) in [5.74, 6) is 0. The number of amides is 1. The molecule has 1 rings (SSSR count). The predicted octanol–water partition coefficient (Wildman–Crippen LogP) is 0.473. The highest BCUT2D eigenvalue weighted by atomic mass is 19.1. The molecule has 2 unspecified atom stereocenters. The van der Waals surface area contributed by atoms with Crippen molar-refractivity contribution in [3.63, 3.8) is 0 Å². The second-order valence-corrected chi connectivity index (χ2v) is 3.91. The number of rotatable bonds is 4. The maximum absolute atomic E-state index is 13.7. The van der Waals surface area contributed by atoms with Crippen LogP contribution in [0.3, 0.4) is 0 Å². The molecule has 0 aliphatic carbocycles. The summed E-state index contributed by atoms with van der Waals surface area (Å²) in [5.41, 5.74) is 5.16. The number of nitrogens with zero attached hydrogens (tertiary/aromatic N) is 2. The lowest BCUT2D eigenvalue weighted by atomic mass is 10.0. The second kappa shape index (κ2) is 6.27. The summed E-state index contributed by atoms with van der Waals surface area (Å²) < 4.78 is 13.7. The van der Waals surface area contributed by atoms with Gasteiger partial charge in [-0.05, 0) is 31.8 Å². The topological polar surface area (TPSA) is 49.6 Å². The maximum atomic E-state index is 13.7. The lowest BCUT2D eigenvalue weighted by Gasteiger charge is -2.36. The minimum Gasteiger partial charge on any atom is -0.405 e. The molecule has 0 saturated carbocycles. The summed E-state index contributed by atoms with van der Waals surface area (Å²) in [7, 11) is 1.88. The van der Waals surface area contributed by atoms with Crippen LogP contribution in [0.1, 0.15) is 6.42 Å². The third-order valence-electron chi connectivity index (χ3n) is 2.70. The Morgan fingerprint density at radius 2 is 2.25 bits per heavy atom. The average Bonchev–Trinajstić information content (AvgIpc) is 2.26. The number of hydrogen-bond acceptors (Lipinski definition) is 3. The monoisotopic (exact) mass is 227 g/mol. The lowest BCUT2D eigenvalue weighted by Crippen LogP contribution is -2.49. The molecule has 0 aromatic rings. The highest BCUT2D eigenvalue weighted by molar-refractivity contribution is 5.50. The molecule has 16 heavy (non-hydrogen) atoms. The Morgan fingerprint density at radius 1 is 1.50 bits per heavy atom. The van der Waals surface area contributed by atoms with Crippen LogP contribution in [0.4, 0.5) is 4.39 Å². The van der Waals surface area contributed by atoms with Crippen molar-refractivity contribution >= 4 is 6.41 Å². The Balaban J connectivity index is 2.61. The van der Waals surface area contributed by atoms with Gasteiger partial charge in [0.05, 0.1) is 6.04 Å². The molecule has 5 heteroatoms. The highest BCUT2D eigenvalue weighted by Gasteiger charge is 2.30. The number of alkyl halides is 1. The number of likely N-dealkylation sites (tertiary alicyclic amines) is 1. The summed E-state index contributed by atoms with van der Waals surface area (Å²) in [6, 6.07) is -0.365. The summed E-state index contributed by atoms with van der Waals surface area (Å²) in [6.07, 6.45) is 6.43. The van der Waals surface area contributed by atoms with Gasteiger partial charge in [0.1, 0.15) is 6.17 Å². The zero-order valence-electron chi connectivity index (χ0n) is 9.42. The van der Waals surface area contributed by atoms with Gasteiger partial charge >= 0.3 is 0 Å². The van der Waals surface area contributed by atoms with Crippen molar-refractivity contribution in [3.05, 3.63) is 24.6 Å². The first-order valence-electron chi connectivity index (χ1n) is 5.29. The van der Waals surface area contributed by atoms with E-state index in [-0.39, 0.29) is 6.04 Å². The Morgan fingerprint density at radius 3 is 2.81 bits per heavy atom. The van der Waals surface area contributed by atoms with E-state index in [2.05, 4.69) is 0 Å². The molecule has 90 valence electrons. The van der Waals surface area contributed by atoms with Crippen LogP contribution in [0.5, 0.6) is 0 Å². The maximum Gasteiger partial charge on any atom is 0.214 e. The largest absolute Gasteiger partial charge is 0.405 e. The molecule has 1 aliphatic rings. The number of carbonyl (C=O) groups is 1. The van der Waals surface area contributed by atoms with Crippen molar-refractivity contribution in [2.24, 2.45) is 5.73 Å². The first kappa shape index (κ1) is 12.7. The molecule has 0 spiro atoms. The molecule has 1 heterocycles. The Hall–Kier alpha value is -1.36. The molecule has 1 amide bonds. The first-order chi connectivity index (χ1) is 7.69. The predicted molar refractivity (Wildman–Crippen MR) is 61.2 cm³/mol. The van der Waals surface area contributed by atoms with Gasteiger partial charge in [0, 0.05) is 19.3 Å². The van der Waals surface area contributed by atoms with Crippen LogP contribution in [0, 0.1) is 0 Å². The van der Waals surface area contributed by atoms with E-state index < -0.39 is 6.17 Å². The van der Waals surface area contributed by atoms with Gasteiger partial charge in [0.15, 0.2) is 0 Å². The van der Waals surface area contributed by atoms with Gasteiger partial charge in [-0.25, -0.2) is 4.39 Å². The van der Waals surface area contributed by atoms with Gasteiger partial charge in [0.25, 0.3) is 0 Å². The van der Waals surface area contributed by atoms with E-state index in [9.17, 15) is 9.18 Å². The van der Waals surface area contributed by atoms with E-state index in [1.54, 1.807) is 18.4 Å². The van der Waals surface area contributed by atoms with Crippen molar-refractivity contribution in [2.45, 2.75) is 18.6 Å². The number of halogens is 1. The quantitative estimate of drug-likeness (QED) is 0.561. The third-order valence-corrected chi connectivity index (χ3v) is 2.70. The molecule has 1 fully saturated rings. The first-order valence-corrected chi connectivity index (χ1v) is 5.29. The number of piperidine rings is 1. The molecule has 0 bridgehead atoms. The van der Waals surface area contributed by atoms with Gasteiger partial charge in [0.2, 0.25) is 6.41 Å². The number of nitrogens with two attached hydrogens (primary N) is 1. The van der Waals surface area contributed by atoms with Crippen LogP contribution in [0.15, 0.2) is 24.6 Å². The van der Waals surface area contributed by atoms with Crippen LogP contribution in [0.25, 0.3) is 0 Å². The fourth-order valence-corrected chi connectivity index (χ4v) is 1.82. The molecule has 0 aromatic carbocycles. The van der Waals surface area contributed by atoms with Gasteiger partial charge in [-0.3, -0.25) is 4.79 Å². The van der Waals surface area contributed by atoms with Crippen LogP contribution in [0.2, 0.25) is 0 Å². The minimum absolute atomic E-state index is 0.365. The van der Waals surface area contributed by atoms with Crippen LogP contribution in [-0.4, -0.2) is 48.6 Å². The van der Waals surface area contributed by atoms with Crippen molar-refractivity contribution in [1.29, 1.82) is 0 Å². The van der Waals surface area contributed by atoms with Crippen LogP contribution >= 0.6 is 0 Å². The fraction of sp³-hybridized carbons (Fsp3) is 0.545. The van der Waals surface area contributed by atoms with E-state index in [0.717, 1.165) is 6.54 Å². The van der Waals surface area contributed by atoms with Crippen molar-refractivity contribution in [2.75, 3.05) is 20.1 Å². The molecule has 0 aromatic heterocycles. The average molecular weight is 227 g/mol. The lowest BCUT2D eigenvalue weighted by molar-refractivity contribution is -0.119. The number of carbonyl (C=O) groups excluding carboxylic acids is 1. The minimum atomic E-state index is -1.00. The molecule has 1 saturated heterocycles. The van der Waals surface area contributed by atoms with E-state index in [1.165, 1.54) is 11.1 Å². The second-order valence-electron chi connectivity index (χ2n) is 3.91. The summed E-state index contributed by atoms with van der Waals surface area (Å²) in [4.78, 5) is 14.2. The SMILES string of the molecule is CN1CCC(N(C=O)/C=C\C=C\N)C(F)C1. The molecule has 1 aliphatic heterocycles. The fourth-order valence-electron chi connectivity index (χ4n) is 1.82. The summed E-state index contributed by atoms with van der Waals surface area (Å²) in [6.45, 7) is 1.17. The molecular formula is C11H18FN3O. The van der Waals surface area contributed by atoms with E-state index in [1.807, 2.05) is 11.9 Å². The van der Waals surface area contributed by atoms with Gasteiger partial charge in [-0.15, -0.1) is 0 Å². The zero-order chi connectivity index (χ0) is 12.0. The van der Waals surface area contributed by atoms with E-state index >= 15 is 0 Å². The molecule has 4 nitrogen and oxygen atoms in total. The standard InChI is InChI=1S/C11H18FN3O/c1-14-7-4-11(10(12)8-14)15(9-16)6-3-2-5-13/h2-3,5-6,9-11H,4,7-8,13H2,1H3/b5-2+,6-3-. The molecule has 2 atom stereocenters. The molecule has 2 N–H and O–H groups in total. The smallest absolute Gasteiger partial charge is 0.214 e. The van der Waals surface area contributed by atoms with Crippen molar-refractivity contribution in [3.8, 4) is 0 Å². The van der Waals surface area contributed by atoms with E-state index in [4.69, 9.17) is 5.73 Å². The molecular weight excluding hydrogens is 209 g/mol. The number of hydrogen-bond donors (Lipinski definition) is 1. The summed E-state index contributed by atoms with van der Waals surface area (Å²) in [5, 5.41) is 0. The van der Waals surface area contributed by atoms with Crippen molar-refractivity contribution < 1.29 is 9.18 Å². The van der Waals surface area contributed by atoms with E-state index in [0.29, 0.717) is 19.4 Å². The Bertz CT molecular complexity index is 280. The third kappa shape index (κ3) is 3.34.